The van der Waals surface area contributed by atoms with Crippen molar-refractivity contribution in [2.24, 2.45) is 0 Å². The van der Waals surface area contributed by atoms with E-state index in [1.54, 1.807) is 31.4 Å². The van der Waals surface area contributed by atoms with Gasteiger partial charge in [-0.05, 0) is 25.0 Å². The molecule has 5 heteroatoms. The minimum absolute atomic E-state index is 0.178. The zero-order chi connectivity index (χ0) is 15.9. The van der Waals surface area contributed by atoms with Crippen LogP contribution in [0, 0.1) is 0 Å². The Bertz CT molecular complexity index is 506. The summed E-state index contributed by atoms with van der Waals surface area (Å²) in [5, 5.41) is 3.00. The first-order chi connectivity index (χ1) is 10.6. The molecule has 1 amide bonds. The maximum Gasteiger partial charge on any atom is 0.303 e. The van der Waals surface area contributed by atoms with Gasteiger partial charge in [-0.3, -0.25) is 9.59 Å². The summed E-state index contributed by atoms with van der Waals surface area (Å²) >= 11 is 0. The Labute approximate surface area is 131 Å². The number of carbonyl (C=O) groups is 2. The van der Waals surface area contributed by atoms with E-state index in [4.69, 9.17) is 9.47 Å². The van der Waals surface area contributed by atoms with Crippen LogP contribution in [0.5, 0.6) is 5.75 Å². The lowest BCUT2D eigenvalue weighted by molar-refractivity contribution is -0.154. The average Bonchev–Trinajstić information content (AvgIpc) is 2.53. The summed E-state index contributed by atoms with van der Waals surface area (Å²) in [6.45, 7) is 1.31. The van der Waals surface area contributed by atoms with Crippen LogP contribution in [0.1, 0.15) is 50.7 Å². The van der Waals surface area contributed by atoms with Crippen molar-refractivity contribution in [3.05, 3.63) is 29.8 Å². The van der Waals surface area contributed by atoms with E-state index in [0.29, 0.717) is 11.3 Å². The van der Waals surface area contributed by atoms with E-state index >= 15 is 0 Å². The number of rotatable bonds is 5. The molecule has 0 spiro atoms. The second-order valence-corrected chi connectivity index (χ2v) is 5.61. The lowest BCUT2D eigenvalue weighted by Crippen LogP contribution is -2.40. The first kappa shape index (κ1) is 16.3. The van der Waals surface area contributed by atoms with Crippen molar-refractivity contribution in [3.8, 4) is 5.75 Å². The standard InChI is InChI=1S/C17H23NO4/c1-12(19)22-16(13-8-10-15(21-2)11-9-13)17(20)18-14-6-4-3-5-7-14/h8-11,14,16H,3-7H2,1-2H3,(H,18,20)/t16-/m1/s1. The molecule has 120 valence electrons. The van der Waals surface area contributed by atoms with Crippen LogP contribution in [-0.4, -0.2) is 25.0 Å². The number of esters is 1. The summed E-state index contributed by atoms with van der Waals surface area (Å²) in [6.07, 6.45) is 4.54. The van der Waals surface area contributed by atoms with E-state index < -0.39 is 12.1 Å². The minimum Gasteiger partial charge on any atom is -0.497 e. The smallest absolute Gasteiger partial charge is 0.303 e. The van der Waals surface area contributed by atoms with Crippen LogP contribution in [0.4, 0.5) is 0 Å². The van der Waals surface area contributed by atoms with Crippen molar-refractivity contribution >= 4 is 11.9 Å². The number of hydrogen-bond donors (Lipinski definition) is 1. The van der Waals surface area contributed by atoms with E-state index in [9.17, 15) is 9.59 Å². The molecule has 1 aromatic carbocycles. The first-order valence-electron chi connectivity index (χ1n) is 7.71. The molecule has 1 aliphatic rings. The van der Waals surface area contributed by atoms with Crippen LogP contribution < -0.4 is 10.1 Å². The molecule has 1 aliphatic carbocycles. The van der Waals surface area contributed by atoms with Crippen molar-refractivity contribution < 1.29 is 19.1 Å². The number of ether oxygens (including phenoxy) is 2. The molecule has 1 fully saturated rings. The SMILES string of the molecule is COc1ccc([C@@H](OC(C)=O)C(=O)NC2CCCCC2)cc1. The second-order valence-electron chi connectivity index (χ2n) is 5.61. The summed E-state index contributed by atoms with van der Waals surface area (Å²) in [6, 6.07) is 7.16. The zero-order valence-electron chi connectivity index (χ0n) is 13.1. The normalized spacial score (nSPS) is 16.6. The van der Waals surface area contributed by atoms with E-state index in [0.717, 1.165) is 25.7 Å². The summed E-state index contributed by atoms with van der Waals surface area (Å²) in [4.78, 5) is 23.8. The quantitative estimate of drug-likeness (QED) is 0.850. The molecule has 5 nitrogen and oxygen atoms in total. The fraction of sp³-hybridized carbons (Fsp3) is 0.529. The highest BCUT2D eigenvalue weighted by molar-refractivity contribution is 5.84. The molecular formula is C17H23NO4. The highest BCUT2D eigenvalue weighted by Gasteiger charge is 2.26. The predicted molar refractivity (Wildman–Crippen MR) is 82.5 cm³/mol. The van der Waals surface area contributed by atoms with Gasteiger partial charge in [0.25, 0.3) is 5.91 Å². The molecule has 0 saturated heterocycles. The van der Waals surface area contributed by atoms with Crippen LogP contribution in [0.15, 0.2) is 24.3 Å². The van der Waals surface area contributed by atoms with Crippen LogP contribution in [-0.2, 0) is 14.3 Å². The molecular weight excluding hydrogens is 282 g/mol. The van der Waals surface area contributed by atoms with E-state index in [2.05, 4.69) is 5.32 Å². The number of amides is 1. The van der Waals surface area contributed by atoms with Gasteiger partial charge in [0, 0.05) is 18.5 Å². The monoisotopic (exact) mass is 305 g/mol. The molecule has 0 aromatic heterocycles. The first-order valence-corrected chi connectivity index (χ1v) is 7.71. The van der Waals surface area contributed by atoms with Gasteiger partial charge in [0.15, 0.2) is 0 Å². The maximum atomic E-state index is 12.5. The third-order valence-electron chi connectivity index (χ3n) is 3.89. The Hall–Kier alpha value is -2.04. The molecule has 2 rings (SSSR count). The number of nitrogens with one attached hydrogen (secondary N) is 1. The van der Waals surface area contributed by atoms with E-state index in [-0.39, 0.29) is 11.9 Å². The number of methoxy groups -OCH3 is 1. The fourth-order valence-corrected chi connectivity index (χ4v) is 2.74. The van der Waals surface area contributed by atoms with Gasteiger partial charge in [0.05, 0.1) is 7.11 Å². The Morgan fingerprint density at radius 1 is 1.14 bits per heavy atom. The van der Waals surface area contributed by atoms with Crippen molar-refractivity contribution in [3.63, 3.8) is 0 Å². The summed E-state index contributed by atoms with van der Waals surface area (Å²) in [7, 11) is 1.58. The molecule has 1 atom stereocenters. The molecule has 0 bridgehead atoms. The van der Waals surface area contributed by atoms with Crippen molar-refractivity contribution in [1.82, 2.24) is 5.32 Å². The lowest BCUT2D eigenvalue weighted by Gasteiger charge is -2.25. The lowest BCUT2D eigenvalue weighted by atomic mass is 9.95. The van der Waals surface area contributed by atoms with Crippen LogP contribution in [0.25, 0.3) is 0 Å². The molecule has 1 saturated carbocycles. The van der Waals surface area contributed by atoms with Gasteiger partial charge < -0.3 is 14.8 Å². The van der Waals surface area contributed by atoms with Gasteiger partial charge in [-0.15, -0.1) is 0 Å². The van der Waals surface area contributed by atoms with Gasteiger partial charge in [-0.25, -0.2) is 0 Å². The predicted octanol–water partition coefficient (Wildman–Crippen LogP) is 2.75. The van der Waals surface area contributed by atoms with Crippen LogP contribution >= 0.6 is 0 Å². The topological polar surface area (TPSA) is 64.6 Å². The van der Waals surface area contributed by atoms with Gasteiger partial charge >= 0.3 is 5.97 Å². The van der Waals surface area contributed by atoms with Crippen molar-refractivity contribution in [2.45, 2.75) is 51.2 Å². The van der Waals surface area contributed by atoms with E-state index in [1.165, 1.54) is 13.3 Å². The van der Waals surface area contributed by atoms with Gasteiger partial charge in [-0.2, -0.15) is 0 Å². The molecule has 0 unspecified atom stereocenters. The molecule has 0 heterocycles. The number of benzene rings is 1. The number of carbonyl (C=O) groups excluding carboxylic acids is 2. The largest absolute Gasteiger partial charge is 0.497 e. The average molecular weight is 305 g/mol. The second kappa shape index (κ2) is 7.82. The third kappa shape index (κ3) is 4.48. The summed E-state index contributed by atoms with van der Waals surface area (Å²) in [5.74, 6) is -0.0371. The Balaban J connectivity index is 2.09. The fourth-order valence-electron chi connectivity index (χ4n) is 2.74. The van der Waals surface area contributed by atoms with Crippen LogP contribution in [0.2, 0.25) is 0 Å². The van der Waals surface area contributed by atoms with Crippen molar-refractivity contribution in [2.75, 3.05) is 7.11 Å². The van der Waals surface area contributed by atoms with Gasteiger partial charge in [-0.1, -0.05) is 31.4 Å². The molecule has 22 heavy (non-hydrogen) atoms. The molecule has 0 radical (unpaired) electrons. The molecule has 1 N–H and O–H groups in total. The summed E-state index contributed by atoms with van der Waals surface area (Å²) < 4.78 is 10.3. The Morgan fingerprint density at radius 2 is 1.77 bits per heavy atom. The Morgan fingerprint density at radius 3 is 2.32 bits per heavy atom. The van der Waals surface area contributed by atoms with Gasteiger partial charge in [0.2, 0.25) is 6.10 Å². The van der Waals surface area contributed by atoms with Gasteiger partial charge in [0.1, 0.15) is 5.75 Å². The minimum atomic E-state index is -0.912. The Kier molecular flexibility index (Phi) is 5.81. The summed E-state index contributed by atoms with van der Waals surface area (Å²) in [5.41, 5.74) is 0.643. The molecule has 1 aromatic rings. The third-order valence-corrected chi connectivity index (χ3v) is 3.89. The van der Waals surface area contributed by atoms with Crippen molar-refractivity contribution in [1.29, 1.82) is 0 Å². The van der Waals surface area contributed by atoms with Crippen LogP contribution in [0.3, 0.4) is 0 Å². The highest BCUT2D eigenvalue weighted by atomic mass is 16.5. The maximum absolute atomic E-state index is 12.5. The zero-order valence-corrected chi connectivity index (χ0v) is 13.1. The van der Waals surface area contributed by atoms with E-state index in [1.807, 2.05) is 0 Å². The molecule has 0 aliphatic heterocycles. The number of hydrogen-bond acceptors (Lipinski definition) is 4. The highest BCUT2D eigenvalue weighted by Crippen LogP contribution is 2.23.